The summed E-state index contributed by atoms with van der Waals surface area (Å²) in [7, 11) is 0. The van der Waals surface area contributed by atoms with Crippen LogP contribution < -0.4 is 4.90 Å². The molecule has 0 bridgehead atoms. The van der Waals surface area contributed by atoms with Gasteiger partial charge in [-0.05, 0) is 70.8 Å². The third-order valence-corrected chi connectivity index (χ3v) is 11.9. The Bertz CT molecular complexity index is 3570. The van der Waals surface area contributed by atoms with Gasteiger partial charge in [-0.15, -0.1) is 0 Å². The van der Waals surface area contributed by atoms with Gasteiger partial charge in [0.25, 0.3) is 0 Å². The minimum absolute atomic E-state index is 1.13. The van der Waals surface area contributed by atoms with E-state index in [9.17, 15) is 0 Å². The van der Waals surface area contributed by atoms with Crippen molar-refractivity contribution in [2.45, 2.75) is 0 Å². The molecular weight excluding hydrogens is 643 g/mol. The minimum Gasteiger partial charge on any atom is -0.308 e. The smallest absolute Gasteiger partial charge is 0.0789 e. The van der Waals surface area contributed by atoms with Crippen LogP contribution in [0.15, 0.2) is 176 Å². The van der Waals surface area contributed by atoms with Crippen molar-refractivity contribution in [3.05, 3.63) is 176 Å². The molecule has 4 heterocycles. The van der Waals surface area contributed by atoms with E-state index in [1.807, 2.05) is 0 Å². The first-order chi connectivity index (χ1) is 26.3. The molecule has 0 N–H and O–H groups in total. The predicted octanol–water partition coefficient (Wildman–Crippen LogP) is 13.8. The molecule has 0 unspecified atom stereocenters. The molecule has 0 aliphatic carbocycles. The lowest BCUT2D eigenvalue weighted by Crippen LogP contribution is -2.11. The van der Waals surface area contributed by atoms with E-state index in [0.29, 0.717) is 0 Å². The van der Waals surface area contributed by atoms with Crippen LogP contribution in [0.3, 0.4) is 0 Å². The summed E-state index contributed by atoms with van der Waals surface area (Å²) >= 11 is 0. The van der Waals surface area contributed by atoms with Gasteiger partial charge in [-0.1, -0.05) is 121 Å². The van der Waals surface area contributed by atoms with E-state index in [-0.39, 0.29) is 0 Å². The summed E-state index contributed by atoms with van der Waals surface area (Å²) < 4.78 is 5.11. The molecule has 0 saturated heterocycles. The molecule has 0 atom stereocenters. The number of hydrogen-bond acceptors (Lipinski definition) is 1. The second-order valence-corrected chi connectivity index (χ2v) is 14.5. The summed E-state index contributed by atoms with van der Waals surface area (Å²) in [6.07, 6.45) is 0. The molecule has 9 aromatic carbocycles. The summed E-state index contributed by atoms with van der Waals surface area (Å²) in [6, 6.07) is 64.9. The van der Waals surface area contributed by atoms with Crippen LogP contribution in [0.1, 0.15) is 0 Å². The number of para-hydroxylation sites is 4. The largest absolute Gasteiger partial charge is 0.308 e. The van der Waals surface area contributed by atoms with Crippen molar-refractivity contribution in [1.82, 2.24) is 8.80 Å². The maximum atomic E-state index is 2.58. The lowest BCUT2D eigenvalue weighted by molar-refractivity contribution is 1.28. The van der Waals surface area contributed by atoms with Crippen LogP contribution in [0.5, 0.6) is 0 Å². The highest BCUT2D eigenvalue weighted by Gasteiger charge is 2.28. The highest BCUT2D eigenvalue weighted by molar-refractivity contribution is 6.39. The molecule has 13 rings (SSSR count). The Labute approximate surface area is 303 Å². The van der Waals surface area contributed by atoms with E-state index in [4.69, 9.17) is 0 Å². The van der Waals surface area contributed by atoms with Crippen molar-refractivity contribution < 1.29 is 0 Å². The van der Waals surface area contributed by atoms with Crippen LogP contribution >= 0.6 is 0 Å². The number of nitrogens with zero attached hydrogens (tertiary/aromatic N) is 3. The van der Waals surface area contributed by atoms with Crippen LogP contribution in [-0.4, -0.2) is 8.80 Å². The molecule has 0 aliphatic rings. The van der Waals surface area contributed by atoms with Gasteiger partial charge in [-0.25, -0.2) is 0 Å². The summed E-state index contributed by atoms with van der Waals surface area (Å²) in [5, 5.41) is 15.5. The van der Waals surface area contributed by atoms with Crippen molar-refractivity contribution in [3.8, 4) is 0 Å². The zero-order valence-corrected chi connectivity index (χ0v) is 28.6. The van der Waals surface area contributed by atoms with E-state index in [1.54, 1.807) is 0 Å². The van der Waals surface area contributed by atoms with Crippen LogP contribution in [0.4, 0.5) is 17.1 Å². The molecule has 0 amide bonds. The average molecular weight is 672 g/mol. The topological polar surface area (TPSA) is 12.1 Å². The van der Waals surface area contributed by atoms with Gasteiger partial charge in [0.15, 0.2) is 0 Å². The Balaban J connectivity index is 1.28. The van der Waals surface area contributed by atoms with Gasteiger partial charge in [0.2, 0.25) is 0 Å². The lowest BCUT2D eigenvalue weighted by atomic mass is 9.98. The number of benzene rings is 9. The van der Waals surface area contributed by atoms with Crippen LogP contribution in [-0.2, 0) is 0 Å². The third kappa shape index (κ3) is 3.36. The molecule has 3 nitrogen and oxygen atoms in total. The number of anilines is 3. The minimum atomic E-state index is 1.13. The second-order valence-electron chi connectivity index (χ2n) is 14.5. The summed E-state index contributed by atoms with van der Waals surface area (Å²) in [5.74, 6) is 0. The first-order valence-electron chi connectivity index (χ1n) is 18.4. The SMILES string of the molecule is c1ccc(N(c2ccccc2)c2c3ccccc3cc3c4cccc5c6c7c8cc9ccccc9c9c%10ccccc%10n(c7ccc6n(c23)c45)c89)cc1. The van der Waals surface area contributed by atoms with Crippen molar-refractivity contribution in [1.29, 1.82) is 0 Å². The van der Waals surface area contributed by atoms with Gasteiger partial charge in [0, 0.05) is 59.9 Å². The highest BCUT2D eigenvalue weighted by Crippen LogP contribution is 2.51. The fraction of sp³-hybridized carbons (Fsp3) is 0. The van der Waals surface area contributed by atoms with Crippen molar-refractivity contribution in [2.24, 2.45) is 0 Å². The summed E-state index contributed by atoms with van der Waals surface area (Å²) in [6.45, 7) is 0. The zero-order valence-electron chi connectivity index (χ0n) is 28.6. The zero-order chi connectivity index (χ0) is 34.4. The van der Waals surface area contributed by atoms with E-state index in [2.05, 4.69) is 190 Å². The molecule has 4 aromatic heterocycles. The van der Waals surface area contributed by atoms with Crippen LogP contribution in [0.25, 0.3) is 97.7 Å². The van der Waals surface area contributed by atoms with Crippen LogP contribution in [0.2, 0.25) is 0 Å². The summed E-state index contributed by atoms with van der Waals surface area (Å²) in [4.78, 5) is 2.46. The third-order valence-electron chi connectivity index (χ3n) is 11.9. The molecular formula is C50H29N3. The van der Waals surface area contributed by atoms with Gasteiger partial charge < -0.3 is 13.7 Å². The predicted molar refractivity (Wildman–Crippen MR) is 225 cm³/mol. The fourth-order valence-corrected chi connectivity index (χ4v) is 9.87. The number of rotatable bonds is 3. The first-order valence-corrected chi connectivity index (χ1v) is 18.4. The Morgan fingerprint density at radius 2 is 0.849 bits per heavy atom. The average Bonchev–Trinajstić information content (AvgIpc) is 3.94. The van der Waals surface area contributed by atoms with Crippen molar-refractivity contribution in [3.63, 3.8) is 0 Å². The monoisotopic (exact) mass is 671 g/mol. The van der Waals surface area contributed by atoms with Crippen molar-refractivity contribution >= 4 is 115 Å². The molecule has 0 spiro atoms. The standard InChI is InChI=1S/C50H29N3/c1-3-16-32(17-4-1)51(33-18-5-2-6-19-33)49-35-21-10-8-15-31(35)28-39-36-23-13-24-38-45-43(53(47(36)38)50(39)49)27-26-42-46(45)40-29-30-14-7-9-20-34(30)44-37-22-11-12-25-41(37)52(42)48(40)44/h1-29H. The molecule has 0 saturated carbocycles. The Hall–Kier alpha value is -7.10. The quantitative estimate of drug-likeness (QED) is 0.182. The number of aromatic nitrogens is 2. The Morgan fingerprint density at radius 1 is 0.302 bits per heavy atom. The first kappa shape index (κ1) is 27.6. The maximum absolute atomic E-state index is 2.58. The Kier molecular flexibility index (Phi) is 5.11. The molecule has 244 valence electrons. The van der Waals surface area contributed by atoms with E-state index in [1.165, 1.54) is 103 Å². The molecule has 53 heavy (non-hydrogen) atoms. The Morgan fingerprint density at radius 3 is 1.60 bits per heavy atom. The van der Waals surface area contributed by atoms with Crippen molar-refractivity contribution in [2.75, 3.05) is 4.90 Å². The van der Waals surface area contributed by atoms with E-state index >= 15 is 0 Å². The van der Waals surface area contributed by atoms with E-state index < -0.39 is 0 Å². The molecule has 0 aliphatic heterocycles. The fourth-order valence-electron chi connectivity index (χ4n) is 9.87. The molecule has 3 heteroatoms. The lowest BCUT2D eigenvalue weighted by Gasteiger charge is -2.28. The van der Waals surface area contributed by atoms with Gasteiger partial charge in [-0.2, -0.15) is 0 Å². The van der Waals surface area contributed by atoms with Crippen LogP contribution in [0, 0.1) is 0 Å². The number of fused-ring (bicyclic) bond motifs is 16. The molecule has 0 radical (unpaired) electrons. The van der Waals surface area contributed by atoms with E-state index in [0.717, 1.165) is 11.4 Å². The highest BCUT2D eigenvalue weighted by atomic mass is 15.2. The number of hydrogen-bond donors (Lipinski definition) is 0. The van der Waals surface area contributed by atoms with Gasteiger partial charge in [0.05, 0.1) is 38.8 Å². The molecule has 13 aromatic rings. The normalized spacial score (nSPS) is 12.5. The maximum Gasteiger partial charge on any atom is 0.0789 e. The van der Waals surface area contributed by atoms with Gasteiger partial charge >= 0.3 is 0 Å². The van der Waals surface area contributed by atoms with Gasteiger partial charge in [-0.3, -0.25) is 0 Å². The summed E-state index contributed by atoms with van der Waals surface area (Å²) in [5.41, 5.74) is 11.0. The van der Waals surface area contributed by atoms with Gasteiger partial charge in [0.1, 0.15) is 0 Å². The molecule has 0 fully saturated rings. The second kappa shape index (κ2) is 9.81.